The second kappa shape index (κ2) is 9.92. The molecule has 4 rings (SSSR count). The minimum Gasteiger partial charge on any atom is -0.379 e. The first-order valence-corrected chi connectivity index (χ1v) is 11.1. The molecule has 1 aliphatic rings. The molecule has 1 N–H and O–H groups in total. The number of anilines is 1. The Balaban J connectivity index is 1.24. The first-order valence-electron chi connectivity index (χ1n) is 10.1. The van der Waals surface area contributed by atoms with E-state index in [2.05, 4.69) is 52.7 Å². The van der Waals surface area contributed by atoms with Crippen molar-refractivity contribution >= 4 is 34.1 Å². The Morgan fingerprint density at radius 1 is 0.966 bits per heavy atom. The lowest BCUT2D eigenvalue weighted by Gasteiger charge is -2.26. The normalized spacial score (nSPS) is 14.8. The van der Waals surface area contributed by atoms with Crippen LogP contribution < -0.4 is 5.32 Å². The van der Waals surface area contributed by atoms with Crippen molar-refractivity contribution in [2.24, 2.45) is 0 Å². The van der Waals surface area contributed by atoms with E-state index >= 15 is 0 Å². The maximum absolute atomic E-state index is 12.3. The predicted molar refractivity (Wildman–Crippen MR) is 121 cm³/mol. The zero-order chi connectivity index (χ0) is 19.9. The summed E-state index contributed by atoms with van der Waals surface area (Å²) in [6, 6.07) is 22.8. The summed E-state index contributed by atoms with van der Waals surface area (Å²) >= 11 is 1.56. The molecule has 1 saturated heterocycles. The highest BCUT2D eigenvalue weighted by molar-refractivity contribution is 8.00. The monoisotopic (exact) mass is 406 g/mol. The number of carbonyl (C=O) groups is 1. The van der Waals surface area contributed by atoms with Gasteiger partial charge in [0, 0.05) is 30.2 Å². The van der Waals surface area contributed by atoms with Crippen molar-refractivity contribution in [3.8, 4) is 0 Å². The van der Waals surface area contributed by atoms with Crippen LogP contribution in [0.3, 0.4) is 0 Å². The molecule has 3 aromatic rings. The van der Waals surface area contributed by atoms with Gasteiger partial charge in [0.05, 0.1) is 19.0 Å². The van der Waals surface area contributed by atoms with E-state index in [-0.39, 0.29) is 5.91 Å². The zero-order valence-electron chi connectivity index (χ0n) is 16.5. The van der Waals surface area contributed by atoms with Crippen LogP contribution in [-0.2, 0) is 16.0 Å². The molecule has 4 nitrogen and oxygen atoms in total. The van der Waals surface area contributed by atoms with Gasteiger partial charge < -0.3 is 10.1 Å². The van der Waals surface area contributed by atoms with Gasteiger partial charge in [-0.2, -0.15) is 0 Å². The van der Waals surface area contributed by atoms with Gasteiger partial charge in [-0.25, -0.2) is 0 Å². The van der Waals surface area contributed by atoms with Crippen LogP contribution in [0.2, 0.25) is 0 Å². The van der Waals surface area contributed by atoms with Crippen molar-refractivity contribution in [2.75, 3.05) is 43.9 Å². The van der Waals surface area contributed by atoms with Crippen molar-refractivity contribution in [3.05, 3.63) is 72.3 Å². The minimum absolute atomic E-state index is 0.0178. The van der Waals surface area contributed by atoms with Gasteiger partial charge in [0.1, 0.15) is 0 Å². The first-order chi connectivity index (χ1) is 14.3. The molecule has 1 amide bonds. The Labute approximate surface area is 176 Å². The molecular weight excluding hydrogens is 380 g/mol. The molecule has 0 atom stereocenters. The van der Waals surface area contributed by atoms with E-state index in [0.717, 1.165) is 49.9 Å². The minimum atomic E-state index is 0.0178. The van der Waals surface area contributed by atoms with Gasteiger partial charge in [-0.15, -0.1) is 11.8 Å². The van der Waals surface area contributed by atoms with Gasteiger partial charge in [0.2, 0.25) is 5.91 Å². The number of benzene rings is 3. The molecule has 3 aromatic carbocycles. The van der Waals surface area contributed by atoms with Crippen LogP contribution in [-0.4, -0.2) is 49.4 Å². The average Bonchev–Trinajstić information content (AvgIpc) is 2.78. The fraction of sp³-hybridized carbons (Fsp3) is 0.292. The standard InChI is InChI=1S/C24H26N2O2S/c27-24(18-29-23-10-7-20-3-1-2-4-21(20)17-23)25-22-8-5-19(6-9-22)11-12-26-13-15-28-16-14-26/h1-10,17H,11-16,18H2,(H,25,27). The van der Waals surface area contributed by atoms with E-state index in [1.807, 2.05) is 24.3 Å². The third-order valence-electron chi connectivity index (χ3n) is 5.15. The van der Waals surface area contributed by atoms with E-state index in [0.29, 0.717) is 5.75 Å². The van der Waals surface area contributed by atoms with Crippen LogP contribution in [0.5, 0.6) is 0 Å². The molecular formula is C24H26N2O2S. The molecule has 0 aliphatic carbocycles. The Morgan fingerprint density at radius 3 is 2.52 bits per heavy atom. The number of hydrogen-bond donors (Lipinski definition) is 1. The van der Waals surface area contributed by atoms with Crippen molar-refractivity contribution in [1.82, 2.24) is 4.90 Å². The molecule has 0 bridgehead atoms. The summed E-state index contributed by atoms with van der Waals surface area (Å²) in [5, 5.41) is 5.41. The topological polar surface area (TPSA) is 41.6 Å². The van der Waals surface area contributed by atoms with E-state index in [4.69, 9.17) is 4.74 Å². The molecule has 0 aromatic heterocycles. The Kier molecular flexibility index (Phi) is 6.83. The lowest BCUT2D eigenvalue weighted by Crippen LogP contribution is -2.37. The summed E-state index contributed by atoms with van der Waals surface area (Å²) in [6.45, 7) is 4.76. The van der Waals surface area contributed by atoms with E-state index in [9.17, 15) is 4.79 Å². The van der Waals surface area contributed by atoms with E-state index < -0.39 is 0 Å². The van der Waals surface area contributed by atoms with Gasteiger partial charge in [0.25, 0.3) is 0 Å². The fourth-order valence-corrected chi connectivity index (χ4v) is 4.21. The number of amides is 1. The average molecular weight is 407 g/mol. The highest BCUT2D eigenvalue weighted by atomic mass is 32.2. The lowest BCUT2D eigenvalue weighted by molar-refractivity contribution is -0.113. The largest absolute Gasteiger partial charge is 0.379 e. The maximum atomic E-state index is 12.3. The number of hydrogen-bond acceptors (Lipinski definition) is 4. The second-order valence-corrected chi connectivity index (χ2v) is 8.30. The zero-order valence-corrected chi connectivity index (χ0v) is 17.3. The lowest BCUT2D eigenvalue weighted by atomic mass is 10.1. The van der Waals surface area contributed by atoms with E-state index in [1.54, 1.807) is 11.8 Å². The van der Waals surface area contributed by atoms with Crippen LogP contribution in [0.25, 0.3) is 10.8 Å². The molecule has 0 spiro atoms. The SMILES string of the molecule is O=C(CSc1ccc2ccccc2c1)Nc1ccc(CCN2CCOCC2)cc1. The molecule has 1 fully saturated rings. The third-order valence-corrected chi connectivity index (χ3v) is 6.14. The number of ether oxygens (including phenoxy) is 1. The van der Waals surface area contributed by atoms with Gasteiger partial charge in [0.15, 0.2) is 0 Å². The molecule has 0 radical (unpaired) electrons. The molecule has 5 heteroatoms. The number of nitrogens with zero attached hydrogens (tertiary/aromatic N) is 1. The van der Waals surface area contributed by atoms with Crippen LogP contribution in [0.15, 0.2) is 71.6 Å². The third kappa shape index (κ3) is 5.82. The Morgan fingerprint density at radius 2 is 1.72 bits per heavy atom. The highest BCUT2D eigenvalue weighted by Crippen LogP contribution is 2.23. The van der Waals surface area contributed by atoms with Crippen LogP contribution in [0.4, 0.5) is 5.69 Å². The van der Waals surface area contributed by atoms with Crippen molar-refractivity contribution < 1.29 is 9.53 Å². The molecule has 1 aliphatic heterocycles. The van der Waals surface area contributed by atoms with Gasteiger partial charge in [-0.1, -0.05) is 42.5 Å². The van der Waals surface area contributed by atoms with Crippen LogP contribution in [0.1, 0.15) is 5.56 Å². The quantitative estimate of drug-likeness (QED) is 0.589. The van der Waals surface area contributed by atoms with Crippen molar-refractivity contribution in [1.29, 1.82) is 0 Å². The molecule has 0 saturated carbocycles. The number of nitrogens with one attached hydrogen (secondary N) is 1. The first kappa shape index (κ1) is 20.0. The smallest absolute Gasteiger partial charge is 0.234 e. The summed E-state index contributed by atoms with van der Waals surface area (Å²) < 4.78 is 5.39. The Bertz CT molecular complexity index is 953. The second-order valence-electron chi connectivity index (χ2n) is 7.25. The van der Waals surface area contributed by atoms with Crippen molar-refractivity contribution in [3.63, 3.8) is 0 Å². The maximum Gasteiger partial charge on any atom is 0.234 e. The fourth-order valence-electron chi connectivity index (χ4n) is 3.47. The summed E-state index contributed by atoms with van der Waals surface area (Å²) in [7, 11) is 0. The predicted octanol–water partition coefficient (Wildman–Crippen LogP) is 4.45. The van der Waals surface area contributed by atoms with Gasteiger partial charge in [-0.3, -0.25) is 9.69 Å². The number of morpholine rings is 1. The number of thioether (sulfide) groups is 1. The Hall–Kier alpha value is -2.34. The van der Waals surface area contributed by atoms with Gasteiger partial charge >= 0.3 is 0 Å². The van der Waals surface area contributed by atoms with Gasteiger partial charge in [-0.05, 0) is 47.0 Å². The number of fused-ring (bicyclic) bond motifs is 1. The summed E-state index contributed by atoms with van der Waals surface area (Å²) in [6.07, 6.45) is 1.02. The van der Waals surface area contributed by atoms with Crippen molar-refractivity contribution in [2.45, 2.75) is 11.3 Å². The van der Waals surface area contributed by atoms with E-state index in [1.165, 1.54) is 16.3 Å². The molecule has 150 valence electrons. The summed E-state index contributed by atoms with van der Waals surface area (Å²) in [5.41, 5.74) is 2.14. The molecule has 1 heterocycles. The summed E-state index contributed by atoms with van der Waals surface area (Å²) in [4.78, 5) is 15.9. The summed E-state index contributed by atoms with van der Waals surface area (Å²) in [5.74, 6) is 0.418. The van der Waals surface area contributed by atoms with Crippen LogP contribution in [0, 0.1) is 0 Å². The highest BCUT2D eigenvalue weighted by Gasteiger charge is 2.10. The molecule has 0 unspecified atom stereocenters. The van der Waals surface area contributed by atoms with Crippen LogP contribution >= 0.6 is 11.8 Å². The number of carbonyl (C=O) groups excluding carboxylic acids is 1. The molecule has 29 heavy (non-hydrogen) atoms. The number of rotatable bonds is 7.